The molecule has 20 heavy (non-hydrogen) atoms. The van der Waals surface area contributed by atoms with E-state index < -0.39 is 5.97 Å². The zero-order chi connectivity index (χ0) is 15.3. The van der Waals surface area contributed by atoms with Crippen molar-refractivity contribution in [3.8, 4) is 0 Å². The van der Waals surface area contributed by atoms with Gasteiger partial charge in [-0.2, -0.15) is 0 Å². The van der Waals surface area contributed by atoms with E-state index in [1.165, 1.54) is 0 Å². The van der Waals surface area contributed by atoms with Crippen LogP contribution in [0.15, 0.2) is 18.2 Å². The molecule has 0 radical (unpaired) electrons. The van der Waals surface area contributed by atoms with Gasteiger partial charge in [0.05, 0.1) is 5.56 Å². The molecule has 0 fully saturated rings. The largest absolute Gasteiger partial charge is 0.452 e. The second kappa shape index (κ2) is 7.08. The van der Waals surface area contributed by atoms with Crippen molar-refractivity contribution in [1.29, 1.82) is 0 Å². The summed E-state index contributed by atoms with van der Waals surface area (Å²) in [6.07, 6.45) is 0. The van der Waals surface area contributed by atoms with E-state index in [1.807, 2.05) is 46.8 Å². The highest BCUT2D eigenvalue weighted by Gasteiger charge is 2.15. The molecule has 0 unspecified atom stereocenters. The number of aryl methyl sites for hydroxylation is 2. The third kappa shape index (κ3) is 4.68. The molecule has 4 nitrogen and oxygen atoms in total. The second-order valence-corrected chi connectivity index (χ2v) is 5.49. The number of benzene rings is 1. The SMILES string of the molecule is Cc1ccc(C(=O)OCC(=O)N[C@@H](C)C(C)C)c(C)c1. The zero-order valence-electron chi connectivity index (χ0n) is 12.8. The topological polar surface area (TPSA) is 55.4 Å². The Kier molecular flexibility index (Phi) is 5.74. The van der Waals surface area contributed by atoms with Crippen LogP contribution in [0.5, 0.6) is 0 Å². The lowest BCUT2D eigenvalue weighted by atomic mass is 10.1. The molecule has 1 amide bonds. The van der Waals surface area contributed by atoms with E-state index >= 15 is 0 Å². The summed E-state index contributed by atoms with van der Waals surface area (Å²) >= 11 is 0. The van der Waals surface area contributed by atoms with Crippen LogP contribution in [-0.2, 0) is 9.53 Å². The number of rotatable bonds is 5. The Hall–Kier alpha value is -1.84. The molecule has 1 aromatic carbocycles. The summed E-state index contributed by atoms with van der Waals surface area (Å²) in [5.41, 5.74) is 2.44. The van der Waals surface area contributed by atoms with Crippen LogP contribution in [0.3, 0.4) is 0 Å². The van der Waals surface area contributed by atoms with Crippen molar-refractivity contribution < 1.29 is 14.3 Å². The lowest BCUT2D eigenvalue weighted by Gasteiger charge is -2.17. The first-order valence-electron chi connectivity index (χ1n) is 6.85. The molecule has 0 bridgehead atoms. The molecule has 0 saturated carbocycles. The van der Waals surface area contributed by atoms with Crippen LogP contribution in [0, 0.1) is 19.8 Å². The number of nitrogens with one attached hydrogen (secondary N) is 1. The summed E-state index contributed by atoms with van der Waals surface area (Å²) in [5.74, 6) is -0.395. The minimum Gasteiger partial charge on any atom is -0.452 e. The minimum atomic E-state index is -0.463. The van der Waals surface area contributed by atoms with Gasteiger partial charge in [-0.25, -0.2) is 4.79 Å². The number of carbonyl (C=O) groups excluding carboxylic acids is 2. The Balaban J connectivity index is 2.53. The highest BCUT2D eigenvalue weighted by atomic mass is 16.5. The van der Waals surface area contributed by atoms with Gasteiger partial charge in [0.25, 0.3) is 5.91 Å². The molecule has 0 aliphatic carbocycles. The Morgan fingerprint density at radius 1 is 1.20 bits per heavy atom. The van der Waals surface area contributed by atoms with E-state index in [4.69, 9.17) is 4.74 Å². The van der Waals surface area contributed by atoms with E-state index in [-0.39, 0.29) is 18.6 Å². The van der Waals surface area contributed by atoms with Gasteiger partial charge in [0.2, 0.25) is 0 Å². The Morgan fingerprint density at radius 2 is 1.85 bits per heavy atom. The summed E-state index contributed by atoms with van der Waals surface area (Å²) < 4.78 is 5.04. The molecule has 0 aliphatic heterocycles. The Morgan fingerprint density at radius 3 is 2.40 bits per heavy atom. The quantitative estimate of drug-likeness (QED) is 0.842. The van der Waals surface area contributed by atoms with Crippen LogP contribution in [0.2, 0.25) is 0 Å². The molecule has 1 aromatic rings. The van der Waals surface area contributed by atoms with Crippen molar-refractivity contribution in [3.63, 3.8) is 0 Å². The summed E-state index contributed by atoms with van der Waals surface area (Å²) in [5, 5.41) is 2.79. The maximum atomic E-state index is 11.9. The van der Waals surface area contributed by atoms with Crippen LogP contribution >= 0.6 is 0 Å². The van der Waals surface area contributed by atoms with E-state index in [0.29, 0.717) is 11.5 Å². The molecule has 1 N–H and O–H groups in total. The molecule has 1 atom stereocenters. The van der Waals surface area contributed by atoms with Gasteiger partial charge < -0.3 is 10.1 Å². The molecular formula is C16H23NO3. The van der Waals surface area contributed by atoms with E-state index in [1.54, 1.807) is 6.07 Å². The summed E-state index contributed by atoms with van der Waals surface area (Å²) in [6.45, 7) is 9.53. The highest BCUT2D eigenvalue weighted by molar-refractivity contribution is 5.92. The molecule has 4 heteroatoms. The lowest BCUT2D eigenvalue weighted by molar-refractivity contribution is -0.125. The van der Waals surface area contributed by atoms with Crippen molar-refractivity contribution in [1.82, 2.24) is 5.32 Å². The van der Waals surface area contributed by atoms with Crippen molar-refractivity contribution >= 4 is 11.9 Å². The van der Waals surface area contributed by atoms with Gasteiger partial charge in [-0.1, -0.05) is 31.5 Å². The first-order chi connectivity index (χ1) is 9.31. The fourth-order valence-electron chi connectivity index (χ4n) is 1.71. The second-order valence-electron chi connectivity index (χ2n) is 5.49. The van der Waals surface area contributed by atoms with Crippen LogP contribution in [-0.4, -0.2) is 24.5 Å². The van der Waals surface area contributed by atoms with Gasteiger partial charge in [-0.05, 0) is 38.3 Å². The van der Waals surface area contributed by atoms with Crippen LogP contribution in [0.25, 0.3) is 0 Å². The van der Waals surface area contributed by atoms with Gasteiger partial charge >= 0.3 is 5.97 Å². The zero-order valence-corrected chi connectivity index (χ0v) is 12.8. The normalized spacial score (nSPS) is 12.1. The standard InChI is InChI=1S/C16H23NO3/c1-10(2)13(5)17-15(18)9-20-16(19)14-7-6-11(3)8-12(14)4/h6-8,10,13H,9H2,1-5H3,(H,17,18)/t13-/m0/s1. The van der Waals surface area contributed by atoms with Gasteiger partial charge in [0, 0.05) is 6.04 Å². The predicted octanol–water partition coefficient (Wildman–Crippen LogP) is 2.62. The van der Waals surface area contributed by atoms with Gasteiger partial charge in [-0.15, -0.1) is 0 Å². The summed E-state index contributed by atoms with van der Waals surface area (Å²) in [4.78, 5) is 23.5. The van der Waals surface area contributed by atoms with Crippen molar-refractivity contribution in [2.45, 2.75) is 40.7 Å². The van der Waals surface area contributed by atoms with Gasteiger partial charge in [-0.3, -0.25) is 4.79 Å². The smallest absolute Gasteiger partial charge is 0.338 e. The Bertz CT molecular complexity index is 494. The monoisotopic (exact) mass is 277 g/mol. The average molecular weight is 277 g/mol. The molecule has 0 aliphatic rings. The summed E-state index contributed by atoms with van der Waals surface area (Å²) in [7, 11) is 0. The number of ether oxygens (including phenoxy) is 1. The molecule has 0 spiro atoms. The molecule has 0 aromatic heterocycles. The number of esters is 1. The van der Waals surface area contributed by atoms with E-state index in [0.717, 1.165) is 11.1 Å². The third-order valence-corrected chi connectivity index (χ3v) is 3.32. The van der Waals surface area contributed by atoms with Crippen molar-refractivity contribution in [3.05, 3.63) is 34.9 Å². The van der Waals surface area contributed by atoms with Crippen molar-refractivity contribution in [2.24, 2.45) is 5.92 Å². The molecule has 0 saturated heterocycles. The number of amides is 1. The van der Waals surface area contributed by atoms with Gasteiger partial charge in [0.1, 0.15) is 0 Å². The fourth-order valence-corrected chi connectivity index (χ4v) is 1.71. The highest BCUT2D eigenvalue weighted by Crippen LogP contribution is 2.11. The first-order valence-corrected chi connectivity index (χ1v) is 6.85. The molecule has 1 rings (SSSR count). The van der Waals surface area contributed by atoms with E-state index in [2.05, 4.69) is 5.32 Å². The third-order valence-electron chi connectivity index (χ3n) is 3.32. The molecular weight excluding hydrogens is 254 g/mol. The molecule has 110 valence electrons. The lowest BCUT2D eigenvalue weighted by Crippen LogP contribution is -2.38. The van der Waals surface area contributed by atoms with Crippen LogP contribution in [0.4, 0.5) is 0 Å². The van der Waals surface area contributed by atoms with Crippen LogP contribution in [0.1, 0.15) is 42.3 Å². The van der Waals surface area contributed by atoms with Crippen molar-refractivity contribution in [2.75, 3.05) is 6.61 Å². The summed E-state index contributed by atoms with van der Waals surface area (Å²) in [6, 6.07) is 5.55. The minimum absolute atomic E-state index is 0.0577. The maximum absolute atomic E-state index is 11.9. The van der Waals surface area contributed by atoms with E-state index in [9.17, 15) is 9.59 Å². The van der Waals surface area contributed by atoms with Crippen LogP contribution < -0.4 is 5.32 Å². The Labute approximate surface area is 120 Å². The maximum Gasteiger partial charge on any atom is 0.338 e. The molecule has 0 heterocycles. The fraction of sp³-hybridized carbons (Fsp3) is 0.500. The number of hydrogen-bond donors (Lipinski definition) is 1. The number of carbonyl (C=O) groups is 2. The predicted molar refractivity (Wildman–Crippen MR) is 78.6 cm³/mol. The van der Waals surface area contributed by atoms with Gasteiger partial charge in [0.15, 0.2) is 6.61 Å². The number of hydrogen-bond acceptors (Lipinski definition) is 3. The first kappa shape index (κ1) is 16.2. The average Bonchev–Trinajstić information content (AvgIpc) is 2.35.